The Morgan fingerprint density at radius 3 is 2.70 bits per heavy atom. The highest BCUT2D eigenvalue weighted by atomic mass is 16.5. The van der Waals surface area contributed by atoms with Crippen molar-refractivity contribution in [1.82, 2.24) is 0 Å². The number of rotatable bonds is 3. The molecule has 0 aromatic heterocycles. The molecule has 0 unspecified atom stereocenters. The predicted octanol–water partition coefficient (Wildman–Crippen LogP) is 4.01. The minimum atomic E-state index is 0.233. The second-order valence-electron chi connectivity index (χ2n) is 5.41. The summed E-state index contributed by atoms with van der Waals surface area (Å²) >= 11 is 0. The quantitative estimate of drug-likeness (QED) is 0.839. The molecule has 0 fully saturated rings. The maximum absolute atomic E-state index is 11.7. The van der Waals surface area contributed by atoms with Gasteiger partial charge in [-0.05, 0) is 43.0 Å². The van der Waals surface area contributed by atoms with Crippen LogP contribution in [-0.4, -0.2) is 5.78 Å². The van der Waals surface area contributed by atoms with E-state index in [9.17, 15) is 4.79 Å². The summed E-state index contributed by atoms with van der Waals surface area (Å²) in [6.07, 6.45) is 1.41. The van der Waals surface area contributed by atoms with Crippen LogP contribution in [0.25, 0.3) is 0 Å². The molecule has 0 saturated heterocycles. The van der Waals surface area contributed by atoms with Crippen molar-refractivity contribution < 1.29 is 9.53 Å². The molecule has 0 aliphatic heterocycles. The van der Waals surface area contributed by atoms with Gasteiger partial charge in [0.2, 0.25) is 0 Å². The van der Waals surface area contributed by atoms with E-state index in [0.29, 0.717) is 13.0 Å². The monoisotopic (exact) mass is 266 g/mol. The average Bonchev–Trinajstić information content (AvgIpc) is 2.83. The summed E-state index contributed by atoms with van der Waals surface area (Å²) in [5.41, 5.74) is 5.64. The van der Waals surface area contributed by atoms with Crippen molar-refractivity contribution in [3.63, 3.8) is 0 Å². The molecule has 0 radical (unpaired) electrons. The number of fused-ring (bicyclic) bond motifs is 1. The number of Topliss-reactive ketones (excluding diaryl/α,β-unsaturated/α-hetero) is 1. The van der Waals surface area contributed by atoms with Crippen molar-refractivity contribution in [2.75, 3.05) is 0 Å². The lowest BCUT2D eigenvalue weighted by atomic mass is 10.1. The highest BCUT2D eigenvalue weighted by molar-refractivity contribution is 6.01. The lowest BCUT2D eigenvalue weighted by Gasteiger charge is -2.11. The molecular weight excluding hydrogens is 248 g/mol. The molecule has 2 heteroatoms. The summed E-state index contributed by atoms with van der Waals surface area (Å²) in [7, 11) is 0. The predicted molar refractivity (Wildman–Crippen MR) is 79.3 cm³/mol. The molecule has 2 aromatic carbocycles. The van der Waals surface area contributed by atoms with Crippen molar-refractivity contribution in [3.8, 4) is 5.75 Å². The first-order valence-electron chi connectivity index (χ1n) is 6.99. The number of carbonyl (C=O) groups excluding carboxylic acids is 1. The van der Waals surface area contributed by atoms with Crippen molar-refractivity contribution in [2.45, 2.75) is 33.3 Å². The molecule has 0 bridgehead atoms. The van der Waals surface area contributed by atoms with E-state index in [1.54, 1.807) is 0 Å². The van der Waals surface area contributed by atoms with Gasteiger partial charge < -0.3 is 4.74 Å². The zero-order chi connectivity index (χ0) is 14.1. The minimum absolute atomic E-state index is 0.233. The standard InChI is InChI=1S/C18H18O2/c1-12-6-7-14(10-13(12)2)11-20-18-5-3-4-15-16(18)8-9-17(15)19/h3-7,10H,8-9,11H2,1-2H3. The number of aryl methyl sites for hydroxylation is 2. The number of hydrogen-bond donors (Lipinski definition) is 0. The number of benzene rings is 2. The van der Waals surface area contributed by atoms with Crippen LogP contribution in [0.5, 0.6) is 5.75 Å². The van der Waals surface area contributed by atoms with Gasteiger partial charge in [0.05, 0.1) is 0 Å². The van der Waals surface area contributed by atoms with Gasteiger partial charge in [0.1, 0.15) is 12.4 Å². The Morgan fingerprint density at radius 2 is 1.90 bits per heavy atom. The molecule has 102 valence electrons. The zero-order valence-corrected chi connectivity index (χ0v) is 11.9. The van der Waals surface area contributed by atoms with Crippen LogP contribution in [0.4, 0.5) is 0 Å². The molecule has 2 nitrogen and oxygen atoms in total. The summed E-state index contributed by atoms with van der Waals surface area (Å²) in [6.45, 7) is 4.76. The molecule has 0 saturated carbocycles. The van der Waals surface area contributed by atoms with Crippen LogP contribution < -0.4 is 4.74 Å². The van der Waals surface area contributed by atoms with E-state index in [1.807, 2.05) is 18.2 Å². The fraction of sp³-hybridized carbons (Fsp3) is 0.278. The molecule has 20 heavy (non-hydrogen) atoms. The van der Waals surface area contributed by atoms with E-state index in [2.05, 4.69) is 32.0 Å². The van der Waals surface area contributed by atoms with Crippen LogP contribution in [0.1, 0.15) is 39.0 Å². The van der Waals surface area contributed by atoms with Gasteiger partial charge in [-0.25, -0.2) is 0 Å². The van der Waals surface area contributed by atoms with Crippen LogP contribution in [0.2, 0.25) is 0 Å². The van der Waals surface area contributed by atoms with Crippen molar-refractivity contribution >= 4 is 5.78 Å². The SMILES string of the molecule is Cc1ccc(COc2cccc3c2CCC3=O)cc1C. The van der Waals surface area contributed by atoms with Gasteiger partial charge in [-0.3, -0.25) is 4.79 Å². The van der Waals surface area contributed by atoms with E-state index in [1.165, 1.54) is 11.1 Å². The Morgan fingerprint density at radius 1 is 1.05 bits per heavy atom. The van der Waals surface area contributed by atoms with Gasteiger partial charge in [0.25, 0.3) is 0 Å². The van der Waals surface area contributed by atoms with Crippen LogP contribution in [0.15, 0.2) is 36.4 Å². The second-order valence-corrected chi connectivity index (χ2v) is 5.41. The third kappa shape index (κ3) is 2.34. The van der Waals surface area contributed by atoms with Gasteiger partial charge in [-0.15, -0.1) is 0 Å². The first kappa shape index (κ1) is 12.9. The number of ketones is 1. The molecule has 0 spiro atoms. The molecule has 2 aromatic rings. The minimum Gasteiger partial charge on any atom is -0.489 e. The molecule has 0 amide bonds. The average molecular weight is 266 g/mol. The van der Waals surface area contributed by atoms with Crippen LogP contribution in [0.3, 0.4) is 0 Å². The van der Waals surface area contributed by atoms with E-state index < -0.39 is 0 Å². The van der Waals surface area contributed by atoms with E-state index in [4.69, 9.17) is 4.74 Å². The van der Waals surface area contributed by atoms with Crippen molar-refractivity contribution in [1.29, 1.82) is 0 Å². The van der Waals surface area contributed by atoms with E-state index >= 15 is 0 Å². The summed E-state index contributed by atoms with van der Waals surface area (Å²) in [6, 6.07) is 12.1. The van der Waals surface area contributed by atoms with Crippen molar-refractivity contribution in [3.05, 3.63) is 64.2 Å². The van der Waals surface area contributed by atoms with Crippen LogP contribution in [0, 0.1) is 13.8 Å². The Labute approximate surface area is 119 Å². The van der Waals surface area contributed by atoms with Gasteiger partial charge >= 0.3 is 0 Å². The van der Waals surface area contributed by atoms with Gasteiger partial charge in [0, 0.05) is 17.5 Å². The number of ether oxygens (including phenoxy) is 1. The molecule has 1 aliphatic rings. The Balaban J connectivity index is 1.79. The largest absolute Gasteiger partial charge is 0.489 e. The van der Waals surface area contributed by atoms with Gasteiger partial charge in [-0.1, -0.05) is 30.3 Å². The maximum Gasteiger partial charge on any atom is 0.163 e. The fourth-order valence-electron chi connectivity index (χ4n) is 2.65. The lowest BCUT2D eigenvalue weighted by Crippen LogP contribution is -1.99. The van der Waals surface area contributed by atoms with E-state index in [0.717, 1.165) is 28.9 Å². The third-order valence-electron chi connectivity index (χ3n) is 4.00. The molecular formula is C18H18O2. The Kier molecular flexibility index (Phi) is 3.31. The Hall–Kier alpha value is -2.09. The third-order valence-corrected chi connectivity index (χ3v) is 4.00. The first-order valence-corrected chi connectivity index (χ1v) is 6.99. The second kappa shape index (κ2) is 5.12. The summed E-state index contributed by atoms with van der Waals surface area (Å²) in [5.74, 6) is 1.09. The zero-order valence-electron chi connectivity index (χ0n) is 11.9. The maximum atomic E-state index is 11.7. The molecule has 0 heterocycles. The normalized spacial score (nSPS) is 13.4. The van der Waals surface area contributed by atoms with Crippen LogP contribution >= 0.6 is 0 Å². The van der Waals surface area contributed by atoms with E-state index in [-0.39, 0.29) is 5.78 Å². The van der Waals surface area contributed by atoms with Gasteiger partial charge in [0.15, 0.2) is 5.78 Å². The van der Waals surface area contributed by atoms with Crippen LogP contribution in [-0.2, 0) is 13.0 Å². The topological polar surface area (TPSA) is 26.3 Å². The molecule has 1 aliphatic carbocycles. The Bertz CT molecular complexity index is 671. The van der Waals surface area contributed by atoms with Gasteiger partial charge in [-0.2, -0.15) is 0 Å². The molecule has 0 atom stereocenters. The smallest absolute Gasteiger partial charge is 0.163 e. The molecule has 0 N–H and O–H groups in total. The first-order chi connectivity index (χ1) is 9.65. The highest BCUT2D eigenvalue weighted by Crippen LogP contribution is 2.31. The summed E-state index contributed by atoms with van der Waals surface area (Å²) in [5, 5.41) is 0. The number of carbonyl (C=O) groups is 1. The molecule has 3 rings (SSSR count). The summed E-state index contributed by atoms with van der Waals surface area (Å²) in [4.78, 5) is 11.7. The fourth-order valence-corrected chi connectivity index (χ4v) is 2.65. The summed E-state index contributed by atoms with van der Waals surface area (Å²) < 4.78 is 5.93. The van der Waals surface area contributed by atoms with Crippen molar-refractivity contribution in [2.24, 2.45) is 0 Å². The highest BCUT2D eigenvalue weighted by Gasteiger charge is 2.22. The lowest BCUT2D eigenvalue weighted by molar-refractivity contribution is 0.0994. The number of hydrogen-bond acceptors (Lipinski definition) is 2.